The Morgan fingerprint density at radius 2 is 1.53 bits per heavy atom. The lowest BCUT2D eigenvalue weighted by molar-refractivity contribution is -0.128. The second kappa shape index (κ2) is 10.8. The van der Waals surface area contributed by atoms with Crippen LogP contribution in [0.3, 0.4) is 0 Å². The summed E-state index contributed by atoms with van der Waals surface area (Å²) in [6, 6.07) is 22.6. The van der Waals surface area contributed by atoms with Crippen molar-refractivity contribution in [2.75, 3.05) is 5.32 Å². The summed E-state index contributed by atoms with van der Waals surface area (Å²) >= 11 is 0. The molecule has 3 amide bonds. The van der Waals surface area contributed by atoms with Crippen molar-refractivity contribution in [1.29, 1.82) is 0 Å². The Morgan fingerprint density at radius 3 is 2.19 bits per heavy atom. The van der Waals surface area contributed by atoms with Crippen molar-refractivity contribution in [3.63, 3.8) is 0 Å². The first-order chi connectivity index (χ1) is 15.5. The van der Waals surface area contributed by atoms with Gasteiger partial charge in [0.2, 0.25) is 0 Å². The van der Waals surface area contributed by atoms with Gasteiger partial charge < -0.3 is 10.1 Å². The summed E-state index contributed by atoms with van der Waals surface area (Å²) in [4.78, 5) is 37.0. The van der Waals surface area contributed by atoms with Crippen LogP contribution in [0.4, 0.5) is 5.69 Å². The number of rotatable bonds is 7. The average Bonchev–Trinajstić information content (AvgIpc) is 2.82. The zero-order valence-corrected chi connectivity index (χ0v) is 17.9. The van der Waals surface area contributed by atoms with Crippen LogP contribution in [0, 0.1) is 6.92 Å². The van der Waals surface area contributed by atoms with E-state index in [9.17, 15) is 14.4 Å². The highest BCUT2D eigenvalue weighted by Gasteiger charge is 2.19. The fourth-order valence-electron chi connectivity index (χ4n) is 2.95. The number of carbonyl (C=O) groups is 3. The average molecular weight is 431 g/mol. The number of anilines is 1. The quantitative estimate of drug-likeness (QED) is 0.495. The van der Waals surface area contributed by atoms with Crippen LogP contribution in [-0.2, 0) is 4.79 Å². The Morgan fingerprint density at radius 1 is 0.812 bits per heavy atom. The molecule has 0 saturated carbocycles. The van der Waals surface area contributed by atoms with Gasteiger partial charge in [-0.15, -0.1) is 0 Å². The van der Waals surface area contributed by atoms with Gasteiger partial charge in [-0.1, -0.05) is 42.8 Å². The van der Waals surface area contributed by atoms with Gasteiger partial charge in [0.1, 0.15) is 5.75 Å². The Hall–Kier alpha value is -4.13. The molecule has 3 rings (SSSR count). The second-order valence-electron chi connectivity index (χ2n) is 7.17. The summed E-state index contributed by atoms with van der Waals surface area (Å²) in [5.41, 5.74) is 7.21. The predicted octanol–water partition coefficient (Wildman–Crippen LogP) is 3.87. The first-order valence-corrected chi connectivity index (χ1v) is 10.3. The highest BCUT2D eigenvalue weighted by Crippen LogP contribution is 2.14. The van der Waals surface area contributed by atoms with Crippen LogP contribution in [0.1, 0.15) is 39.6 Å². The second-order valence-corrected chi connectivity index (χ2v) is 7.17. The van der Waals surface area contributed by atoms with Crippen molar-refractivity contribution in [2.24, 2.45) is 0 Å². The van der Waals surface area contributed by atoms with E-state index in [4.69, 9.17) is 4.74 Å². The molecule has 3 aromatic rings. The number of benzene rings is 3. The Labute approximate surface area is 186 Å². The molecule has 0 aliphatic carbocycles. The van der Waals surface area contributed by atoms with Crippen LogP contribution in [-0.4, -0.2) is 23.8 Å². The highest BCUT2D eigenvalue weighted by molar-refractivity contribution is 6.04. The van der Waals surface area contributed by atoms with E-state index in [1.165, 1.54) is 0 Å². The predicted molar refractivity (Wildman–Crippen MR) is 122 cm³/mol. The third kappa shape index (κ3) is 6.18. The van der Waals surface area contributed by atoms with Gasteiger partial charge in [-0.3, -0.25) is 25.2 Å². The lowest BCUT2D eigenvalue weighted by atomic mass is 10.1. The van der Waals surface area contributed by atoms with E-state index in [1.807, 2.05) is 44.2 Å². The van der Waals surface area contributed by atoms with E-state index in [-0.39, 0.29) is 5.91 Å². The van der Waals surface area contributed by atoms with Crippen molar-refractivity contribution in [3.8, 4) is 5.75 Å². The number of hydrogen-bond donors (Lipinski definition) is 3. The van der Waals surface area contributed by atoms with Crippen LogP contribution >= 0.6 is 0 Å². The molecule has 0 heterocycles. The molecule has 7 nitrogen and oxygen atoms in total. The standard InChI is InChI=1S/C25H25N3O4/c1-3-22(32-21-10-5-4-6-11-21)25(31)28-27-24(30)18-12-14-20(15-13-18)26-23(29)19-9-7-8-17(2)16-19/h4-16,22H,3H2,1-2H3,(H,26,29)(H,27,30)(H,28,31). The maximum absolute atomic E-state index is 12.4. The number of nitrogens with one attached hydrogen (secondary N) is 3. The molecular weight excluding hydrogens is 406 g/mol. The van der Waals surface area contributed by atoms with Gasteiger partial charge in [0.15, 0.2) is 6.10 Å². The molecule has 32 heavy (non-hydrogen) atoms. The largest absolute Gasteiger partial charge is 0.481 e. The minimum absolute atomic E-state index is 0.234. The summed E-state index contributed by atoms with van der Waals surface area (Å²) in [5.74, 6) is -0.595. The number of aryl methyl sites for hydroxylation is 1. The Kier molecular flexibility index (Phi) is 7.59. The molecule has 1 unspecified atom stereocenters. The minimum atomic E-state index is -0.739. The fourth-order valence-corrected chi connectivity index (χ4v) is 2.95. The molecule has 0 aromatic heterocycles. The number of ether oxygens (including phenoxy) is 1. The van der Waals surface area contributed by atoms with Gasteiger partial charge in [-0.25, -0.2) is 0 Å². The first-order valence-electron chi connectivity index (χ1n) is 10.3. The fraction of sp³-hybridized carbons (Fsp3) is 0.160. The van der Waals surface area contributed by atoms with Crippen molar-refractivity contribution >= 4 is 23.4 Å². The third-order valence-corrected chi connectivity index (χ3v) is 4.67. The van der Waals surface area contributed by atoms with E-state index in [0.717, 1.165) is 5.56 Å². The molecule has 3 N–H and O–H groups in total. The summed E-state index contributed by atoms with van der Waals surface area (Å²) in [6.45, 7) is 3.73. The van der Waals surface area contributed by atoms with Crippen molar-refractivity contribution in [3.05, 3.63) is 95.6 Å². The van der Waals surface area contributed by atoms with Crippen molar-refractivity contribution < 1.29 is 19.1 Å². The van der Waals surface area contributed by atoms with E-state index in [0.29, 0.717) is 29.0 Å². The normalized spacial score (nSPS) is 11.2. The van der Waals surface area contributed by atoms with Crippen LogP contribution in [0.25, 0.3) is 0 Å². The topological polar surface area (TPSA) is 96.5 Å². The Bertz CT molecular complexity index is 1080. The minimum Gasteiger partial charge on any atom is -0.481 e. The molecule has 0 aliphatic rings. The van der Waals surface area contributed by atoms with Gasteiger partial charge in [-0.2, -0.15) is 0 Å². The van der Waals surface area contributed by atoms with Crippen LogP contribution < -0.4 is 20.9 Å². The SMILES string of the molecule is CCC(Oc1ccccc1)C(=O)NNC(=O)c1ccc(NC(=O)c2cccc(C)c2)cc1. The van der Waals surface area contributed by atoms with E-state index in [1.54, 1.807) is 48.5 Å². The molecule has 1 atom stereocenters. The van der Waals surface area contributed by atoms with E-state index in [2.05, 4.69) is 16.2 Å². The monoisotopic (exact) mass is 431 g/mol. The van der Waals surface area contributed by atoms with E-state index < -0.39 is 17.9 Å². The molecule has 164 valence electrons. The van der Waals surface area contributed by atoms with Crippen molar-refractivity contribution in [2.45, 2.75) is 26.4 Å². The van der Waals surface area contributed by atoms with Gasteiger partial charge >= 0.3 is 0 Å². The maximum atomic E-state index is 12.4. The van der Waals surface area contributed by atoms with Crippen LogP contribution in [0.15, 0.2) is 78.9 Å². The number of amides is 3. The van der Waals surface area contributed by atoms with Crippen LogP contribution in [0.5, 0.6) is 5.75 Å². The molecule has 0 saturated heterocycles. The highest BCUT2D eigenvalue weighted by atomic mass is 16.5. The zero-order valence-electron chi connectivity index (χ0n) is 17.9. The number of carbonyl (C=O) groups excluding carboxylic acids is 3. The van der Waals surface area contributed by atoms with Crippen LogP contribution in [0.2, 0.25) is 0 Å². The molecular formula is C25H25N3O4. The molecule has 0 radical (unpaired) electrons. The molecule has 0 bridgehead atoms. The summed E-state index contributed by atoms with van der Waals surface area (Å²) in [7, 11) is 0. The summed E-state index contributed by atoms with van der Waals surface area (Å²) < 4.78 is 5.66. The van der Waals surface area contributed by atoms with Gasteiger partial charge in [0, 0.05) is 16.8 Å². The number of hydrazine groups is 1. The van der Waals surface area contributed by atoms with Gasteiger partial charge in [0.05, 0.1) is 0 Å². The first kappa shape index (κ1) is 22.6. The molecule has 0 spiro atoms. The molecule has 0 aliphatic heterocycles. The maximum Gasteiger partial charge on any atom is 0.279 e. The number of para-hydroxylation sites is 1. The van der Waals surface area contributed by atoms with Gasteiger partial charge in [0.25, 0.3) is 17.7 Å². The van der Waals surface area contributed by atoms with Crippen molar-refractivity contribution in [1.82, 2.24) is 10.9 Å². The third-order valence-electron chi connectivity index (χ3n) is 4.67. The summed E-state index contributed by atoms with van der Waals surface area (Å²) in [5, 5.41) is 2.79. The molecule has 3 aromatic carbocycles. The van der Waals surface area contributed by atoms with Gasteiger partial charge in [-0.05, 0) is 61.9 Å². The molecule has 0 fully saturated rings. The zero-order chi connectivity index (χ0) is 22.9. The lowest BCUT2D eigenvalue weighted by Gasteiger charge is -2.17. The smallest absolute Gasteiger partial charge is 0.279 e. The number of hydrogen-bond acceptors (Lipinski definition) is 4. The summed E-state index contributed by atoms with van der Waals surface area (Å²) in [6.07, 6.45) is -0.303. The Balaban J connectivity index is 1.52. The van der Waals surface area contributed by atoms with E-state index >= 15 is 0 Å². The lowest BCUT2D eigenvalue weighted by Crippen LogP contribution is -2.47. The molecule has 7 heteroatoms.